The molecular weight excluding hydrogens is 285 g/mol. The van der Waals surface area contributed by atoms with Crippen molar-refractivity contribution in [2.24, 2.45) is 0 Å². The van der Waals surface area contributed by atoms with Crippen molar-refractivity contribution in [3.05, 3.63) is 47.8 Å². The van der Waals surface area contributed by atoms with Gasteiger partial charge in [-0.15, -0.1) is 0 Å². The van der Waals surface area contributed by atoms with Crippen molar-refractivity contribution in [3.8, 4) is 11.3 Å². The van der Waals surface area contributed by atoms with Crippen LogP contribution in [0.5, 0.6) is 0 Å². The molecule has 0 spiro atoms. The van der Waals surface area contributed by atoms with Crippen molar-refractivity contribution >= 4 is 28.6 Å². The second-order valence-electron chi connectivity index (χ2n) is 4.07. The summed E-state index contributed by atoms with van der Waals surface area (Å²) in [5, 5.41) is 9.66. The molecule has 0 bridgehead atoms. The average Bonchev–Trinajstić information content (AvgIpc) is 2.77. The Morgan fingerprint density at radius 3 is 2.85 bits per heavy atom. The highest BCUT2D eigenvalue weighted by Gasteiger charge is 2.15. The lowest BCUT2D eigenvalue weighted by atomic mass is 10.1. The van der Waals surface area contributed by atoms with Crippen molar-refractivity contribution < 1.29 is 14.3 Å². The molecule has 0 radical (unpaired) electrons. The normalized spacial score (nSPS) is 10.9. The standard InChI is InChI=1S/C13H7ClFN3O2/c14-12-16-4-3-10(17-12)9-6-18(13(19)20)11-2-1-7(15)5-8(9)11/h1-6H,(H,19,20). The smallest absolute Gasteiger partial charge is 0.416 e. The summed E-state index contributed by atoms with van der Waals surface area (Å²) < 4.78 is 14.4. The van der Waals surface area contributed by atoms with E-state index >= 15 is 0 Å². The van der Waals surface area contributed by atoms with Gasteiger partial charge in [0.25, 0.3) is 0 Å². The van der Waals surface area contributed by atoms with Gasteiger partial charge in [-0.3, -0.25) is 4.57 Å². The Hall–Kier alpha value is -2.47. The lowest BCUT2D eigenvalue weighted by molar-refractivity contribution is 0.197. The fourth-order valence-corrected chi connectivity index (χ4v) is 2.20. The van der Waals surface area contributed by atoms with Crippen LogP contribution < -0.4 is 0 Å². The number of fused-ring (bicyclic) bond motifs is 1. The van der Waals surface area contributed by atoms with Crippen LogP contribution in [0.25, 0.3) is 22.2 Å². The van der Waals surface area contributed by atoms with Crippen molar-refractivity contribution in [1.29, 1.82) is 0 Å². The summed E-state index contributed by atoms with van der Waals surface area (Å²) in [6, 6.07) is 5.46. The van der Waals surface area contributed by atoms with Gasteiger partial charge in [-0.05, 0) is 35.9 Å². The first-order chi connectivity index (χ1) is 9.56. The van der Waals surface area contributed by atoms with Gasteiger partial charge in [0.1, 0.15) is 5.82 Å². The molecule has 3 aromatic rings. The zero-order chi connectivity index (χ0) is 14.3. The van der Waals surface area contributed by atoms with E-state index in [-0.39, 0.29) is 5.28 Å². The van der Waals surface area contributed by atoms with Gasteiger partial charge in [0, 0.05) is 23.3 Å². The Bertz CT molecular complexity index is 832. The zero-order valence-electron chi connectivity index (χ0n) is 9.92. The lowest BCUT2D eigenvalue weighted by Gasteiger charge is -1.98. The molecule has 0 fully saturated rings. The fourth-order valence-electron chi connectivity index (χ4n) is 2.05. The Morgan fingerprint density at radius 1 is 1.35 bits per heavy atom. The number of hydrogen-bond acceptors (Lipinski definition) is 3. The van der Waals surface area contributed by atoms with Crippen LogP contribution in [0.15, 0.2) is 36.7 Å². The topological polar surface area (TPSA) is 68.0 Å². The molecular formula is C13H7ClFN3O2. The SMILES string of the molecule is O=C(O)n1cc(-c2ccnc(Cl)n2)c2cc(F)ccc21. The van der Waals surface area contributed by atoms with Crippen LogP contribution in [0.3, 0.4) is 0 Å². The summed E-state index contributed by atoms with van der Waals surface area (Å²) in [5.41, 5.74) is 1.29. The molecule has 7 heteroatoms. The maximum absolute atomic E-state index is 13.4. The van der Waals surface area contributed by atoms with Gasteiger partial charge < -0.3 is 5.11 Å². The van der Waals surface area contributed by atoms with Crippen LogP contribution >= 0.6 is 11.6 Å². The van der Waals surface area contributed by atoms with Crippen molar-refractivity contribution in [1.82, 2.24) is 14.5 Å². The molecule has 0 saturated carbocycles. The molecule has 3 rings (SSSR count). The monoisotopic (exact) mass is 291 g/mol. The molecule has 1 N–H and O–H groups in total. The number of halogens is 2. The molecule has 20 heavy (non-hydrogen) atoms. The van der Waals surface area contributed by atoms with Crippen LogP contribution in [0.1, 0.15) is 0 Å². The molecule has 0 aliphatic heterocycles. The molecule has 2 aromatic heterocycles. The molecule has 2 heterocycles. The molecule has 100 valence electrons. The van der Waals surface area contributed by atoms with Gasteiger partial charge in [-0.25, -0.2) is 19.2 Å². The number of rotatable bonds is 1. The molecule has 0 aliphatic carbocycles. The number of carbonyl (C=O) groups is 1. The number of hydrogen-bond donors (Lipinski definition) is 1. The Kier molecular flexibility index (Phi) is 2.87. The van der Waals surface area contributed by atoms with Gasteiger partial charge in [0.2, 0.25) is 5.28 Å². The summed E-state index contributed by atoms with van der Waals surface area (Å²) >= 11 is 5.73. The highest BCUT2D eigenvalue weighted by atomic mass is 35.5. The van der Waals surface area contributed by atoms with E-state index in [1.165, 1.54) is 30.6 Å². The molecule has 0 aliphatic rings. The number of benzene rings is 1. The van der Waals surface area contributed by atoms with Gasteiger partial charge in [0.15, 0.2) is 0 Å². The van der Waals surface area contributed by atoms with Crippen LogP contribution in [0.2, 0.25) is 5.28 Å². The van der Waals surface area contributed by atoms with E-state index in [0.29, 0.717) is 22.2 Å². The second-order valence-corrected chi connectivity index (χ2v) is 4.41. The fraction of sp³-hybridized carbons (Fsp3) is 0. The average molecular weight is 292 g/mol. The summed E-state index contributed by atoms with van der Waals surface area (Å²) in [5.74, 6) is -0.456. The number of aromatic nitrogens is 3. The van der Waals surface area contributed by atoms with Crippen LogP contribution in [0, 0.1) is 5.82 Å². The molecule has 0 saturated heterocycles. The molecule has 0 unspecified atom stereocenters. The molecule has 0 atom stereocenters. The minimum Gasteiger partial charge on any atom is -0.464 e. The van der Waals surface area contributed by atoms with Crippen LogP contribution in [-0.4, -0.2) is 25.7 Å². The maximum Gasteiger partial charge on any atom is 0.416 e. The van der Waals surface area contributed by atoms with Gasteiger partial charge >= 0.3 is 6.09 Å². The van der Waals surface area contributed by atoms with Gasteiger partial charge in [-0.1, -0.05) is 0 Å². The van der Waals surface area contributed by atoms with Crippen LogP contribution in [0.4, 0.5) is 9.18 Å². The third-order valence-corrected chi connectivity index (χ3v) is 3.06. The van der Waals surface area contributed by atoms with Crippen molar-refractivity contribution in [2.45, 2.75) is 0 Å². The van der Waals surface area contributed by atoms with E-state index in [9.17, 15) is 14.3 Å². The molecule has 0 amide bonds. The third-order valence-electron chi connectivity index (χ3n) is 2.87. The van der Waals surface area contributed by atoms with E-state index in [4.69, 9.17) is 11.6 Å². The van der Waals surface area contributed by atoms with E-state index < -0.39 is 11.9 Å². The number of nitrogens with zero attached hydrogens (tertiary/aromatic N) is 3. The van der Waals surface area contributed by atoms with Gasteiger partial charge in [0.05, 0.1) is 11.2 Å². The minimum absolute atomic E-state index is 0.0372. The summed E-state index contributed by atoms with van der Waals surface area (Å²) in [6.07, 6.45) is 1.67. The largest absolute Gasteiger partial charge is 0.464 e. The Balaban J connectivity index is 2.35. The third kappa shape index (κ3) is 2.00. The first-order valence-electron chi connectivity index (χ1n) is 5.59. The maximum atomic E-state index is 13.4. The van der Waals surface area contributed by atoms with E-state index in [1.807, 2.05) is 0 Å². The summed E-state index contributed by atoms with van der Waals surface area (Å²) in [7, 11) is 0. The first kappa shape index (κ1) is 12.6. The summed E-state index contributed by atoms with van der Waals surface area (Å²) in [6.45, 7) is 0. The van der Waals surface area contributed by atoms with Crippen molar-refractivity contribution in [3.63, 3.8) is 0 Å². The highest BCUT2D eigenvalue weighted by Crippen LogP contribution is 2.30. The van der Waals surface area contributed by atoms with E-state index in [2.05, 4.69) is 9.97 Å². The first-order valence-corrected chi connectivity index (χ1v) is 5.97. The molecule has 5 nitrogen and oxygen atoms in total. The quantitative estimate of drug-likeness (QED) is 0.698. The Morgan fingerprint density at radius 2 is 2.15 bits per heavy atom. The zero-order valence-corrected chi connectivity index (χ0v) is 10.7. The van der Waals surface area contributed by atoms with Gasteiger partial charge in [-0.2, -0.15) is 0 Å². The lowest BCUT2D eigenvalue weighted by Crippen LogP contribution is -2.05. The predicted octanol–water partition coefficient (Wildman–Crippen LogP) is 3.42. The van der Waals surface area contributed by atoms with Crippen LogP contribution in [-0.2, 0) is 0 Å². The van der Waals surface area contributed by atoms with Crippen molar-refractivity contribution in [2.75, 3.05) is 0 Å². The Labute approximate surface area is 117 Å². The summed E-state index contributed by atoms with van der Waals surface area (Å²) in [4.78, 5) is 19.0. The highest BCUT2D eigenvalue weighted by molar-refractivity contribution is 6.28. The van der Waals surface area contributed by atoms with E-state index in [1.54, 1.807) is 6.07 Å². The minimum atomic E-state index is -1.16. The van der Waals surface area contributed by atoms with E-state index in [0.717, 1.165) is 4.57 Å². The second kappa shape index (κ2) is 4.57. The predicted molar refractivity (Wildman–Crippen MR) is 71.4 cm³/mol. The number of carboxylic acid groups (broad SMARTS) is 1. The molecule has 1 aromatic carbocycles.